The summed E-state index contributed by atoms with van der Waals surface area (Å²) in [6.07, 6.45) is 10.1. The average molecular weight is 248 g/mol. The van der Waals surface area contributed by atoms with Crippen molar-refractivity contribution in [2.75, 3.05) is 12.3 Å². The Bertz CT molecular complexity index is 400. The van der Waals surface area contributed by atoms with E-state index < -0.39 is 0 Å². The van der Waals surface area contributed by atoms with Gasteiger partial charge < -0.3 is 0 Å². The maximum absolute atomic E-state index is 2.91. The second-order valence-electron chi connectivity index (χ2n) is 4.27. The fraction of sp³-hybridized carbons (Fsp3) is 0.286. The molecule has 0 radical (unpaired) electrons. The highest BCUT2D eigenvalue weighted by Gasteiger charge is 2.31. The summed E-state index contributed by atoms with van der Waals surface area (Å²) in [7, 11) is 5.82. The first-order valence-corrected chi connectivity index (χ1v) is 7.28. The van der Waals surface area contributed by atoms with Crippen LogP contribution in [0.25, 0.3) is 5.57 Å². The molecule has 0 amide bonds. The molecule has 2 unspecified atom stereocenters. The molecule has 0 heterocycles. The second-order valence-corrected chi connectivity index (χ2v) is 5.08. The maximum atomic E-state index is 2.91. The number of hydrogen-bond acceptors (Lipinski definition) is 0. The Balaban J connectivity index is 2.44. The fourth-order valence-corrected chi connectivity index (χ4v) is 3.67. The van der Waals surface area contributed by atoms with Crippen molar-refractivity contribution in [1.29, 1.82) is 0 Å². The molecule has 0 fully saturated rings. The van der Waals surface area contributed by atoms with Crippen molar-refractivity contribution in [3.63, 3.8) is 0 Å². The molecule has 2 rings (SSSR count). The number of benzene rings is 1. The molecule has 1 aromatic carbocycles. The molecule has 1 aromatic rings. The van der Waals surface area contributed by atoms with Gasteiger partial charge in [-0.2, -0.15) is 0 Å². The fourth-order valence-electron chi connectivity index (χ4n) is 2.23. The molecule has 1 aliphatic rings. The van der Waals surface area contributed by atoms with Crippen molar-refractivity contribution in [2.24, 2.45) is 5.41 Å². The predicted molar refractivity (Wildman–Crippen MR) is 79.8 cm³/mol. The van der Waals surface area contributed by atoms with Crippen LogP contribution in [0.3, 0.4) is 0 Å². The van der Waals surface area contributed by atoms with Crippen molar-refractivity contribution < 1.29 is 0 Å². The maximum Gasteiger partial charge on any atom is 0.00623 e. The van der Waals surface area contributed by atoms with Crippen LogP contribution in [-0.4, -0.2) is 12.3 Å². The van der Waals surface area contributed by atoms with Gasteiger partial charge in [0.2, 0.25) is 0 Å². The van der Waals surface area contributed by atoms with Gasteiger partial charge in [0.1, 0.15) is 0 Å². The van der Waals surface area contributed by atoms with Gasteiger partial charge in [-0.05, 0) is 29.9 Å². The molecule has 0 saturated carbocycles. The van der Waals surface area contributed by atoms with E-state index in [4.69, 9.17) is 0 Å². The summed E-state index contributed by atoms with van der Waals surface area (Å²) in [4.78, 5) is 0. The third kappa shape index (κ3) is 2.15. The van der Waals surface area contributed by atoms with E-state index in [1.807, 2.05) is 0 Å². The Kier molecular flexibility index (Phi) is 3.95. The van der Waals surface area contributed by atoms with Crippen LogP contribution in [0.15, 0.2) is 48.6 Å². The van der Waals surface area contributed by atoms with E-state index in [-0.39, 0.29) is 5.41 Å². The van der Waals surface area contributed by atoms with Gasteiger partial charge in [0, 0.05) is 5.41 Å². The highest BCUT2D eigenvalue weighted by molar-refractivity contribution is 7.18. The molecule has 16 heavy (non-hydrogen) atoms. The molecule has 0 bridgehead atoms. The van der Waals surface area contributed by atoms with E-state index in [2.05, 4.69) is 67.0 Å². The van der Waals surface area contributed by atoms with Crippen LogP contribution < -0.4 is 0 Å². The van der Waals surface area contributed by atoms with Gasteiger partial charge in [-0.1, -0.05) is 48.6 Å². The van der Waals surface area contributed by atoms with Crippen LogP contribution in [0.1, 0.15) is 12.0 Å². The van der Waals surface area contributed by atoms with Crippen molar-refractivity contribution >= 4 is 24.1 Å². The Hall–Kier alpha value is -0.440. The van der Waals surface area contributed by atoms with Gasteiger partial charge >= 0.3 is 0 Å². The highest BCUT2D eigenvalue weighted by Crippen LogP contribution is 2.43. The van der Waals surface area contributed by atoms with Crippen LogP contribution in [0.2, 0.25) is 0 Å². The normalized spacial score (nSPS) is 18.2. The predicted octanol–water partition coefficient (Wildman–Crippen LogP) is 3.77. The second kappa shape index (κ2) is 5.26. The Morgan fingerprint density at radius 1 is 1.06 bits per heavy atom. The molecule has 2 heteroatoms. The number of allylic oxidation sites excluding steroid dienone is 4. The van der Waals surface area contributed by atoms with Gasteiger partial charge in [0.15, 0.2) is 0 Å². The van der Waals surface area contributed by atoms with Gasteiger partial charge in [-0.3, -0.25) is 0 Å². The molecule has 0 N–H and O–H groups in total. The first-order valence-electron chi connectivity index (χ1n) is 5.65. The lowest BCUT2D eigenvalue weighted by atomic mass is 9.75. The summed E-state index contributed by atoms with van der Waals surface area (Å²) >= 11 is 0. The van der Waals surface area contributed by atoms with E-state index in [0.29, 0.717) is 0 Å². The minimum absolute atomic E-state index is 0.283. The van der Waals surface area contributed by atoms with Crippen LogP contribution in [0.5, 0.6) is 0 Å². The standard InChI is InChI=1S/C14H18P2/c15-10-14(11-16)9-5-4-8-13(14)12-6-2-1-3-7-12/h1-8H,9-11,15-16H2. The van der Waals surface area contributed by atoms with Gasteiger partial charge in [-0.15, -0.1) is 18.5 Å². The van der Waals surface area contributed by atoms with Crippen molar-refractivity contribution in [2.45, 2.75) is 6.42 Å². The molecule has 84 valence electrons. The zero-order valence-electron chi connectivity index (χ0n) is 9.39. The Morgan fingerprint density at radius 2 is 1.75 bits per heavy atom. The molecule has 1 aliphatic carbocycles. The minimum atomic E-state index is 0.283. The quantitative estimate of drug-likeness (QED) is 0.714. The van der Waals surface area contributed by atoms with Gasteiger partial charge in [0.25, 0.3) is 0 Å². The Morgan fingerprint density at radius 3 is 2.38 bits per heavy atom. The lowest BCUT2D eigenvalue weighted by Crippen LogP contribution is -2.27. The summed E-state index contributed by atoms with van der Waals surface area (Å²) in [5.74, 6) is 0. The lowest BCUT2D eigenvalue weighted by molar-refractivity contribution is 0.528. The van der Waals surface area contributed by atoms with E-state index in [9.17, 15) is 0 Å². The largest absolute Gasteiger partial charge is 0.137 e. The summed E-state index contributed by atoms with van der Waals surface area (Å²) in [5, 5.41) is 0. The molecule has 0 aliphatic heterocycles. The number of hydrogen-bond donors (Lipinski definition) is 0. The molecule has 0 spiro atoms. The highest BCUT2D eigenvalue weighted by atomic mass is 31.0. The van der Waals surface area contributed by atoms with Crippen LogP contribution >= 0.6 is 18.5 Å². The van der Waals surface area contributed by atoms with Gasteiger partial charge in [0.05, 0.1) is 0 Å². The zero-order valence-corrected chi connectivity index (χ0v) is 11.7. The van der Waals surface area contributed by atoms with Crippen LogP contribution in [0.4, 0.5) is 0 Å². The number of rotatable bonds is 3. The third-order valence-electron chi connectivity index (χ3n) is 3.35. The summed E-state index contributed by atoms with van der Waals surface area (Å²) < 4.78 is 0. The van der Waals surface area contributed by atoms with Gasteiger partial charge in [-0.25, -0.2) is 0 Å². The molecule has 0 nitrogen and oxygen atoms in total. The summed E-state index contributed by atoms with van der Waals surface area (Å²) in [6, 6.07) is 10.7. The van der Waals surface area contributed by atoms with Crippen LogP contribution in [-0.2, 0) is 0 Å². The Labute approximate surface area is 103 Å². The molecule has 0 saturated heterocycles. The van der Waals surface area contributed by atoms with Crippen LogP contribution in [0, 0.1) is 5.41 Å². The van der Waals surface area contributed by atoms with Crippen molar-refractivity contribution in [3.05, 3.63) is 54.1 Å². The smallest absolute Gasteiger partial charge is 0.00623 e. The summed E-state index contributed by atoms with van der Waals surface area (Å²) in [5.41, 5.74) is 3.11. The summed E-state index contributed by atoms with van der Waals surface area (Å²) in [6.45, 7) is 0. The molecular formula is C14H18P2. The molecule has 2 atom stereocenters. The van der Waals surface area contributed by atoms with Crippen molar-refractivity contribution in [3.8, 4) is 0 Å². The van der Waals surface area contributed by atoms with E-state index >= 15 is 0 Å². The molecule has 0 aromatic heterocycles. The average Bonchev–Trinajstić information content (AvgIpc) is 2.39. The third-order valence-corrected chi connectivity index (χ3v) is 4.91. The lowest BCUT2D eigenvalue weighted by Gasteiger charge is -2.35. The SMILES string of the molecule is PCC1(CP)CC=CC=C1c1ccccc1. The first-order chi connectivity index (χ1) is 7.82. The first kappa shape index (κ1) is 12.0. The van der Waals surface area contributed by atoms with Crippen molar-refractivity contribution in [1.82, 2.24) is 0 Å². The van der Waals surface area contributed by atoms with E-state index in [1.165, 1.54) is 11.1 Å². The monoisotopic (exact) mass is 248 g/mol. The van der Waals surface area contributed by atoms with E-state index in [1.54, 1.807) is 0 Å². The topological polar surface area (TPSA) is 0 Å². The van der Waals surface area contributed by atoms with E-state index in [0.717, 1.165) is 18.7 Å². The molecular weight excluding hydrogens is 230 g/mol. The minimum Gasteiger partial charge on any atom is -0.137 e. The zero-order chi connectivity index (χ0) is 11.4.